The van der Waals surface area contributed by atoms with Gasteiger partial charge >= 0.3 is 0 Å². The molecule has 2 heterocycles. The fraction of sp³-hybridized carbons (Fsp3) is 0.412. The molecule has 0 saturated heterocycles. The van der Waals surface area contributed by atoms with Crippen molar-refractivity contribution < 1.29 is 4.79 Å². The molecule has 1 aliphatic rings. The van der Waals surface area contributed by atoms with Gasteiger partial charge in [-0.2, -0.15) is 0 Å². The van der Waals surface area contributed by atoms with Crippen LogP contribution >= 0.6 is 35.5 Å². The normalized spacial score (nSPS) is 13.9. The molecule has 7 heteroatoms. The van der Waals surface area contributed by atoms with E-state index in [9.17, 15) is 4.79 Å². The fourth-order valence-corrected chi connectivity index (χ4v) is 4.32. The lowest BCUT2D eigenvalue weighted by molar-refractivity contribution is 0.102. The molecule has 1 aromatic heterocycles. The molecule has 0 saturated carbocycles. The van der Waals surface area contributed by atoms with Gasteiger partial charge in [0.1, 0.15) is 0 Å². The first-order valence-electron chi connectivity index (χ1n) is 7.94. The number of aromatic nitrogens is 1. The van der Waals surface area contributed by atoms with Crippen LogP contribution in [0.5, 0.6) is 0 Å². The number of benzene rings is 1. The molecule has 0 atom stereocenters. The zero-order chi connectivity index (χ0) is 16.2. The number of amides is 1. The van der Waals surface area contributed by atoms with Gasteiger partial charge in [0.15, 0.2) is 5.13 Å². The third-order valence-corrected chi connectivity index (χ3v) is 5.80. The number of fused-ring (bicyclic) bond motifs is 1. The van der Waals surface area contributed by atoms with E-state index in [2.05, 4.69) is 29.0 Å². The number of thiazole rings is 1. The molecule has 3 rings (SSSR count). The predicted molar refractivity (Wildman–Crippen MR) is 105 cm³/mol. The Morgan fingerprint density at radius 1 is 1.33 bits per heavy atom. The lowest BCUT2D eigenvalue weighted by atomic mass is 10.2. The molecule has 0 aliphatic carbocycles. The maximum Gasteiger partial charge on any atom is 0.257 e. The number of halogens is 1. The standard InChI is InChI=1S/C17H21N3OS2.ClH/c1-3-20-10-9-14-15(11-20)23-17(18-14)19-16(21)12-5-7-13(8-6-12)22-4-2;/h5-8H,3-4,9-11H2,1-2H3,(H,18,19,21);1H. The van der Waals surface area contributed by atoms with Gasteiger partial charge in [-0.05, 0) is 36.6 Å². The molecule has 0 unspecified atom stereocenters. The topological polar surface area (TPSA) is 45.2 Å². The summed E-state index contributed by atoms with van der Waals surface area (Å²) in [6, 6.07) is 7.74. The summed E-state index contributed by atoms with van der Waals surface area (Å²) < 4.78 is 0. The van der Waals surface area contributed by atoms with E-state index in [0.717, 1.165) is 37.5 Å². The van der Waals surface area contributed by atoms with E-state index in [1.807, 2.05) is 24.3 Å². The van der Waals surface area contributed by atoms with E-state index in [-0.39, 0.29) is 18.3 Å². The largest absolute Gasteiger partial charge is 0.298 e. The minimum atomic E-state index is -0.0866. The number of thioether (sulfide) groups is 1. The average Bonchev–Trinajstić information content (AvgIpc) is 2.96. The summed E-state index contributed by atoms with van der Waals surface area (Å²) in [6.07, 6.45) is 0.971. The van der Waals surface area contributed by atoms with E-state index in [1.165, 1.54) is 9.77 Å². The molecule has 0 spiro atoms. The van der Waals surface area contributed by atoms with Gasteiger partial charge in [-0.3, -0.25) is 15.0 Å². The summed E-state index contributed by atoms with van der Waals surface area (Å²) in [5.41, 5.74) is 1.82. The Morgan fingerprint density at radius 2 is 2.08 bits per heavy atom. The number of likely N-dealkylation sites (N-methyl/N-ethyl adjacent to an activating group) is 1. The Bertz CT molecular complexity index is 688. The quantitative estimate of drug-likeness (QED) is 0.781. The Balaban J connectivity index is 0.00000208. The van der Waals surface area contributed by atoms with Crippen molar-refractivity contribution in [3.05, 3.63) is 40.4 Å². The molecule has 130 valence electrons. The SMILES string of the molecule is CCSc1ccc(C(=O)Nc2nc3c(s2)CN(CC)CC3)cc1.Cl. The summed E-state index contributed by atoms with van der Waals surface area (Å²) in [5.74, 6) is 0.946. The zero-order valence-electron chi connectivity index (χ0n) is 13.9. The van der Waals surface area contributed by atoms with Gasteiger partial charge in [0.05, 0.1) is 5.69 Å². The molecule has 1 N–H and O–H groups in total. The second kappa shape index (κ2) is 8.85. The fourth-order valence-electron chi connectivity index (χ4n) is 2.61. The Kier molecular flexibility index (Phi) is 7.10. The van der Waals surface area contributed by atoms with Crippen LogP contribution in [0.2, 0.25) is 0 Å². The smallest absolute Gasteiger partial charge is 0.257 e. The zero-order valence-corrected chi connectivity index (χ0v) is 16.3. The van der Waals surface area contributed by atoms with Gasteiger partial charge in [0.2, 0.25) is 0 Å². The number of carbonyl (C=O) groups excluding carboxylic acids is 1. The number of hydrogen-bond donors (Lipinski definition) is 1. The lowest BCUT2D eigenvalue weighted by Gasteiger charge is -2.23. The molecule has 0 bridgehead atoms. The van der Waals surface area contributed by atoms with E-state index < -0.39 is 0 Å². The van der Waals surface area contributed by atoms with Crippen LogP contribution in [0.25, 0.3) is 0 Å². The first kappa shape index (κ1) is 19.2. The van der Waals surface area contributed by atoms with Crippen LogP contribution in [-0.2, 0) is 13.0 Å². The van der Waals surface area contributed by atoms with Crippen LogP contribution in [0.15, 0.2) is 29.2 Å². The van der Waals surface area contributed by atoms with Crippen molar-refractivity contribution in [3.63, 3.8) is 0 Å². The highest BCUT2D eigenvalue weighted by Gasteiger charge is 2.20. The molecule has 2 aromatic rings. The highest BCUT2D eigenvalue weighted by molar-refractivity contribution is 7.99. The van der Waals surface area contributed by atoms with E-state index >= 15 is 0 Å². The monoisotopic (exact) mass is 383 g/mol. The van der Waals surface area contributed by atoms with Crippen LogP contribution in [0.1, 0.15) is 34.8 Å². The lowest BCUT2D eigenvalue weighted by Crippen LogP contribution is -2.29. The van der Waals surface area contributed by atoms with Crippen molar-refractivity contribution >= 4 is 46.5 Å². The molecular formula is C17H22ClN3OS2. The maximum absolute atomic E-state index is 12.4. The second-order valence-corrected chi connectivity index (χ2v) is 7.84. The minimum absolute atomic E-state index is 0. The van der Waals surface area contributed by atoms with Gasteiger partial charge in [-0.1, -0.05) is 13.8 Å². The number of nitrogens with zero attached hydrogens (tertiary/aromatic N) is 2. The first-order valence-corrected chi connectivity index (χ1v) is 9.75. The number of hydrogen-bond acceptors (Lipinski definition) is 5. The summed E-state index contributed by atoms with van der Waals surface area (Å²) in [4.78, 5) is 21.8. The molecule has 0 radical (unpaired) electrons. The van der Waals surface area contributed by atoms with Crippen molar-refractivity contribution in [3.8, 4) is 0 Å². The van der Waals surface area contributed by atoms with E-state index in [1.54, 1.807) is 23.1 Å². The van der Waals surface area contributed by atoms with Gasteiger partial charge in [-0.25, -0.2) is 4.98 Å². The summed E-state index contributed by atoms with van der Waals surface area (Å²) in [6.45, 7) is 7.35. The van der Waals surface area contributed by atoms with Gasteiger partial charge < -0.3 is 0 Å². The molecule has 4 nitrogen and oxygen atoms in total. The van der Waals surface area contributed by atoms with Crippen LogP contribution < -0.4 is 5.32 Å². The predicted octanol–water partition coefficient (Wildman–Crippen LogP) is 4.31. The van der Waals surface area contributed by atoms with Crippen molar-refractivity contribution in [2.45, 2.75) is 31.7 Å². The highest BCUT2D eigenvalue weighted by atomic mass is 35.5. The summed E-state index contributed by atoms with van der Waals surface area (Å²) in [7, 11) is 0. The van der Waals surface area contributed by atoms with Crippen LogP contribution in [0.4, 0.5) is 5.13 Å². The van der Waals surface area contributed by atoms with Gasteiger partial charge in [0, 0.05) is 34.8 Å². The van der Waals surface area contributed by atoms with Gasteiger partial charge in [-0.15, -0.1) is 35.5 Å². The number of carbonyl (C=O) groups is 1. The van der Waals surface area contributed by atoms with Crippen molar-refractivity contribution in [2.24, 2.45) is 0 Å². The minimum Gasteiger partial charge on any atom is -0.298 e. The van der Waals surface area contributed by atoms with Gasteiger partial charge in [0.25, 0.3) is 5.91 Å². The molecule has 1 amide bonds. The Labute approximate surface area is 157 Å². The number of anilines is 1. The Morgan fingerprint density at radius 3 is 2.75 bits per heavy atom. The maximum atomic E-state index is 12.4. The van der Waals surface area contributed by atoms with Crippen LogP contribution in [0.3, 0.4) is 0 Å². The summed E-state index contributed by atoms with van der Waals surface area (Å²) >= 11 is 3.37. The average molecular weight is 384 g/mol. The second-order valence-electron chi connectivity index (χ2n) is 5.42. The van der Waals surface area contributed by atoms with Crippen molar-refractivity contribution in [1.29, 1.82) is 0 Å². The third kappa shape index (κ3) is 4.51. The van der Waals surface area contributed by atoms with Crippen LogP contribution in [-0.4, -0.2) is 34.6 Å². The molecule has 1 aliphatic heterocycles. The highest BCUT2D eigenvalue weighted by Crippen LogP contribution is 2.28. The van der Waals surface area contributed by atoms with Crippen molar-refractivity contribution in [2.75, 3.05) is 24.2 Å². The van der Waals surface area contributed by atoms with Crippen molar-refractivity contribution in [1.82, 2.24) is 9.88 Å². The molecule has 24 heavy (non-hydrogen) atoms. The molecule has 1 aromatic carbocycles. The summed E-state index contributed by atoms with van der Waals surface area (Å²) in [5, 5.41) is 3.66. The molecular weight excluding hydrogens is 362 g/mol. The van der Waals surface area contributed by atoms with E-state index in [0.29, 0.717) is 10.7 Å². The van der Waals surface area contributed by atoms with Crippen LogP contribution in [0, 0.1) is 0 Å². The first-order chi connectivity index (χ1) is 11.2. The third-order valence-electron chi connectivity index (χ3n) is 3.91. The number of rotatable bonds is 5. The Hall–Kier alpha value is -1.08. The number of nitrogens with one attached hydrogen (secondary N) is 1. The molecule has 0 fully saturated rings. The van der Waals surface area contributed by atoms with E-state index in [4.69, 9.17) is 0 Å².